The van der Waals surface area contributed by atoms with Crippen LogP contribution in [0, 0.1) is 25.6 Å². The molecule has 0 N–H and O–H groups in total. The number of nitrogens with zero attached hydrogens (tertiary/aromatic N) is 2. The highest BCUT2D eigenvalue weighted by atomic mass is 19.1. The number of carbonyl (C=O) groups excluding carboxylic acids is 2. The lowest BCUT2D eigenvalue weighted by Crippen LogP contribution is -2.49. The van der Waals surface area contributed by atoms with E-state index >= 15 is 0 Å². The van der Waals surface area contributed by atoms with Gasteiger partial charge in [-0.25, -0.2) is 4.39 Å². The lowest BCUT2D eigenvalue weighted by Gasteiger charge is -2.39. The van der Waals surface area contributed by atoms with E-state index in [1.165, 1.54) is 12.1 Å². The van der Waals surface area contributed by atoms with Crippen LogP contribution in [0.15, 0.2) is 42.5 Å². The van der Waals surface area contributed by atoms with Gasteiger partial charge in [-0.05, 0) is 69.4 Å². The summed E-state index contributed by atoms with van der Waals surface area (Å²) in [6, 6.07) is 12.4. The second-order valence-electron chi connectivity index (χ2n) is 9.51. The van der Waals surface area contributed by atoms with Gasteiger partial charge < -0.3 is 14.5 Å². The van der Waals surface area contributed by atoms with Crippen molar-refractivity contribution in [1.29, 1.82) is 0 Å². The molecule has 4 rings (SSSR count). The topological polar surface area (TPSA) is 49.9 Å². The van der Waals surface area contributed by atoms with E-state index in [2.05, 4.69) is 6.07 Å². The predicted molar refractivity (Wildman–Crippen MR) is 125 cm³/mol. The largest absolute Gasteiger partial charge is 0.373 e. The van der Waals surface area contributed by atoms with E-state index < -0.39 is 0 Å². The van der Waals surface area contributed by atoms with Crippen LogP contribution >= 0.6 is 0 Å². The number of piperidine rings is 1. The second kappa shape index (κ2) is 10.0. The molecule has 0 bridgehead atoms. The number of hydrogen-bond acceptors (Lipinski definition) is 3. The molecule has 2 saturated heterocycles. The zero-order valence-electron chi connectivity index (χ0n) is 19.7. The Morgan fingerprint density at radius 2 is 1.76 bits per heavy atom. The van der Waals surface area contributed by atoms with Crippen LogP contribution in [0.25, 0.3) is 0 Å². The highest BCUT2D eigenvalue weighted by molar-refractivity contribution is 5.95. The standard InChI is InChI=1S/C27H33FN2O3/c1-18-13-19(2)15-22(14-18)27(32)30-11-4-5-21(17-30)26(31)29(3)24-10-12-33-25(16-24)20-6-8-23(28)9-7-20/h6-9,13-15,21,24-25H,4-5,10-12,16-17H2,1-3H3. The van der Waals surface area contributed by atoms with Crippen molar-refractivity contribution in [1.82, 2.24) is 9.80 Å². The highest BCUT2D eigenvalue weighted by Crippen LogP contribution is 2.31. The summed E-state index contributed by atoms with van der Waals surface area (Å²) in [6.45, 7) is 5.69. The SMILES string of the molecule is Cc1cc(C)cc(C(=O)N2CCCC(C(=O)N(C)C3CCOC(c4ccc(F)cc4)C3)C2)c1. The van der Waals surface area contributed by atoms with E-state index in [9.17, 15) is 14.0 Å². The van der Waals surface area contributed by atoms with Gasteiger partial charge in [0.25, 0.3) is 5.91 Å². The minimum atomic E-state index is -0.268. The van der Waals surface area contributed by atoms with Crippen LogP contribution in [0.1, 0.15) is 58.8 Å². The first-order chi connectivity index (χ1) is 15.8. The summed E-state index contributed by atoms with van der Waals surface area (Å²) in [6.07, 6.45) is 2.94. The normalized spacial score (nSPS) is 23.3. The lowest BCUT2D eigenvalue weighted by molar-refractivity contribution is -0.140. The molecule has 3 unspecified atom stereocenters. The molecule has 2 aliphatic rings. The smallest absolute Gasteiger partial charge is 0.253 e. The first-order valence-electron chi connectivity index (χ1n) is 11.8. The van der Waals surface area contributed by atoms with E-state index in [1.807, 2.05) is 42.8 Å². The number of carbonyl (C=O) groups is 2. The fraction of sp³-hybridized carbons (Fsp3) is 0.481. The number of likely N-dealkylation sites (tertiary alicyclic amines) is 1. The number of halogens is 1. The molecule has 3 atom stereocenters. The van der Waals surface area contributed by atoms with E-state index in [4.69, 9.17) is 4.74 Å². The van der Waals surface area contributed by atoms with Gasteiger partial charge in [0.2, 0.25) is 5.91 Å². The van der Waals surface area contributed by atoms with Crippen LogP contribution in [0.3, 0.4) is 0 Å². The monoisotopic (exact) mass is 452 g/mol. The molecule has 5 nitrogen and oxygen atoms in total. The van der Waals surface area contributed by atoms with E-state index in [1.54, 1.807) is 12.1 Å². The number of benzene rings is 2. The number of rotatable bonds is 4. The molecule has 0 spiro atoms. The van der Waals surface area contributed by atoms with Gasteiger partial charge >= 0.3 is 0 Å². The van der Waals surface area contributed by atoms with Crippen molar-refractivity contribution in [2.75, 3.05) is 26.7 Å². The summed E-state index contributed by atoms with van der Waals surface area (Å²) < 4.78 is 19.2. The van der Waals surface area contributed by atoms with Gasteiger partial charge in [-0.1, -0.05) is 29.3 Å². The van der Waals surface area contributed by atoms with Crippen LogP contribution in [0.4, 0.5) is 4.39 Å². The zero-order valence-corrected chi connectivity index (χ0v) is 19.7. The fourth-order valence-electron chi connectivity index (χ4n) is 5.15. The summed E-state index contributed by atoms with van der Waals surface area (Å²) in [5.74, 6) is -0.358. The first-order valence-corrected chi connectivity index (χ1v) is 11.8. The van der Waals surface area contributed by atoms with Gasteiger partial charge in [-0.2, -0.15) is 0 Å². The molecule has 176 valence electrons. The minimum Gasteiger partial charge on any atom is -0.373 e. The van der Waals surface area contributed by atoms with Gasteiger partial charge in [0, 0.05) is 38.3 Å². The molecular weight excluding hydrogens is 419 g/mol. The maximum Gasteiger partial charge on any atom is 0.253 e. The van der Waals surface area contributed by atoms with Gasteiger partial charge in [0.05, 0.1) is 12.0 Å². The van der Waals surface area contributed by atoms with Crippen molar-refractivity contribution in [2.24, 2.45) is 5.92 Å². The predicted octanol–water partition coefficient (Wildman–Crippen LogP) is 4.67. The number of aryl methyl sites for hydroxylation is 2. The molecule has 2 heterocycles. The first kappa shape index (κ1) is 23.4. The Morgan fingerprint density at radius 1 is 1.06 bits per heavy atom. The van der Waals surface area contributed by atoms with Crippen LogP contribution in [-0.4, -0.2) is 54.4 Å². The quantitative estimate of drug-likeness (QED) is 0.677. The van der Waals surface area contributed by atoms with Gasteiger partial charge in [-0.15, -0.1) is 0 Å². The molecule has 0 saturated carbocycles. The molecular formula is C27H33FN2O3. The van der Waals surface area contributed by atoms with Crippen molar-refractivity contribution in [3.63, 3.8) is 0 Å². The second-order valence-corrected chi connectivity index (χ2v) is 9.51. The molecule has 0 aliphatic carbocycles. The summed E-state index contributed by atoms with van der Waals surface area (Å²) in [4.78, 5) is 30.2. The highest BCUT2D eigenvalue weighted by Gasteiger charge is 2.35. The fourth-order valence-corrected chi connectivity index (χ4v) is 5.15. The minimum absolute atomic E-state index is 0.00407. The van der Waals surface area contributed by atoms with Crippen molar-refractivity contribution >= 4 is 11.8 Å². The third kappa shape index (κ3) is 5.44. The zero-order chi connectivity index (χ0) is 23.5. The molecule has 2 aliphatic heterocycles. The van der Waals surface area contributed by atoms with E-state index in [-0.39, 0.29) is 35.7 Å². The molecule has 0 radical (unpaired) electrons. The Morgan fingerprint density at radius 3 is 2.45 bits per heavy atom. The summed E-state index contributed by atoms with van der Waals surface area (Å²) in [5.41, 5.74) is 3.77. The Hall–Kier alpha value is -2.73. The molecule has 6 heteroatoms. The molecule has 2 aromatic rings. The van der Waals surface area contributed by atoms with Crippen LogP contribution in [0.5, 0.6) is 0 Å². The Kier molecular flexibility index (Phi) is 7.13. The van der Waals surface area contributed by atoms with Crippen LogP contribution in [-0.2, 0) is 9.53 Å². The van der Waals surface area contributed by atoms with Gasteiger partial charge in [0.15, 0.2) is 0 Å². The molecule has 33 heavy (non-hydrogen) atoms. The van der Waals surface area contributed by atoms with Crippen molar-refractivity contribution in [3.05, 3.63) is 70.5 Å². The molecule has 2 amide bonds. The Labute approximate surface area is 195 Å². The van der Waals surface area contributed by atoms with Gasteiger partial charge in [-0.3, -0.25) is 9.59 Å². The summed E-state index contributed by atoms with van der Waals surface area (Å²) in [5, 5.41) is 0. The molecule has 2 aromatic carbocycles. The molecule has 0 aromatic heterocycles. The Balaban J connectivity index is 1.40. The Bertz CT molecular complexity index is 987. The lowest BCUT2D eigenvalue weighted by atomic mass is 9.92. The average Bonchev–Trinajstić information content (AvgIpc) is 2.82. The summed E-state index contributed by atoms with van der Waals surface area (Å²) in [7, 11) is 1.87. The third-order valence-corrected chi connectivity index (χ3v) is 6.92. The van der Waals surface area contributed by atoms with E-state index in [0.717, 1.165) is 36.0 Å². The van der Waals surface area contributed by atoms with Crippen molar-refractivity contribution in [3.8, 4) is 0 Å². The number of ether oxygens (including phenoxy) is 1. The maximum atomic E-state index is 13.4. The molecule has 2 fully saturated rings. The van der Waals surface area contributed by atoms with Crippen LogP contribution in [0.2, 0.25) is 0 Å². The van der Waals surface area contributed by atoms with Crippen LogP contribution < -0.4 is 0 Å². The third-order valence-electron chi connectivity index (χ3n) is 6.92. The van der Waals surface area contributed by atoms with E-state index in [0.29, 0.717) is 31.7 Å². The van der Waals surface area contributed by atoms with Crippen molar-refractivity contribution in [2.45, 2.75) is 51.7 Å². The van der Waals surface area contributed by atoms with Crippen molar-refractivity contribution < 1.29 is 18.7 Å². The number of hydrogen-bond donors (Lipinski definition) is 0. The maximum absolute atomic E-state index is 13.4. The average molecular weight is 453 g/mol. The number of amides is 2. The summed E-state index contributed by atoms with van der Waals surface area (Å²) >= 11 is 0. The van der Waals surface area contributed by atoms with Gasteiger partial charge in [0.1, 0.15) is 5.82 Å².